The minimum absolute atomic E-state index is 0.0119. The highest BCUT2D eigenvalue weighted by Gasteiger charge is 2.29. The van der Waals surface area contributed by atoms with E-state index in [1.807, 2.05) is 30.3 Å². The van der Waals surface area contributed by atoms with Crippen LogP contribution in [0.5, 0.6) is 17.2 Å². The van der Waals surface area contributed by atoms with Crippen LogP contribution in [0, 0.1) is 0 Å². The first-order valence-corrected chi connectivity index (χ1v) is 9.48. The minimum Gasteiger partial charge on any atom is -0.493 e. The zero-order valence-electron chi connectivity index (χ0n) is 16.7. The van der Waals surface area contributed by atoms with Gasteiger partial charge in [0.1, 0.15) is 0 Å². The van der Waals surface area contributed by atoms with E-state index in [-0.39, 0.29) is 18.8 Å². The SMILES string of the molecule is COC(=O)C[C@@H](c1cc(OC)c2c(c1)OCO2)c1c(Cc2ccccc2)[nH][nH]c1=O. The lowest BCUT2D eigenvalue weighted by atomic mass is 9.87. The van der Waals surface area contributed by atoms with Crippen molar-refractivity contribution < 1.29 is 23.7 Å². The first-order chi connectivity index (χ1) is 14.6. The predicted molar refractivity (Wildman–Crippen MR) is 108 cm³/mol. The second kappa shape index (κ2) is 8.36. The van der Waals surface area contributed by atoms with Crippen LogP contribution in [0.2, 0.25) is 0 Å². The van der Waals surface area contributed by atoms with Crippen molar-refractivity contribution in [2.75, 3.05) is 21.0 Å². The topological polar surface area (TPSA) is 103 Å². The van der Waals surface area contributed by atoms with E-state index >= 15 is 0 Å². The van der Waals surface area contributed by atoms with Crippen molar-refractivity contribution in [1.29, 1.82) is 0 Å². The van der Waals surface area contributed by atoms with Gasteiger partial charge in [-0.1, -0.05) is 30.3 Å². The number of carbonyl (C=O) groups is 1. The molecule has 0 spiro atoms. The number of carbonyl (C=O) groups excluding carboxylic acids is 1. The number of esters is 1. The fraction of sp³-hybridized carbons (Fsp3) is 0.273. The maximum Gasteiger partial charge on any atom is 0.306 e. The summed E-state index contributed by atoms with van der Waals surface area (Å²) < 4.78 is 21.3. The Balaban J connectivity index is 1.81. The third kappa shape index (κ3) is 3.76. The van der Waals surface area contributed by atoms with Crippen LogP contribution in [-0.4, -0.2) is 37.2 Å². The number of aromatic nitrogens is 2. The summed E-state index contributed by atoms with van der Waals surface area (Å²) in [5.41, 5.74) is 2.63. The summed E-state index contributed by atoms with van der Waals surface area (Å²) in [6.45, 7) is 0.0841. The van der Waals surface area contributed by atoms with E-state index in [4.69, 9.17) is 18.9 Å². The first-order valence-electron chi connectivity index (χ1n) is 9.48. The highest BCUT2D eigenvalue weighted by molar-refractivity contribution is 5.72. The lowest BCUT2D eigenvalue weighted by Gasteiger charge is -2.18. The smallest absolute Gasteiger partial charge is 0.306 e. The average molecular weight is 410 g/mol. The van der Waals surface area contributed by atoms with Gasteiger partial charge in [0.25, 0.3) is 5.56 Å². The second-order valence-corrected chi connectivity index (χ2v) is 6.92. The number of fused-ring (bicyclic) bond motifs is 1. The van der Waals surface area contributed by atoms with E-state index < -0.39 is 11.9 Å². The molecule has 1 atom stereocenters. The summed E-state index contributed by atoms with van der Waals surface area (Å²) in [6.07, 6.45) is 0.496. The fourth-order valence-electron chi connectivity index (χ4n) is 3.70. The van der Waals surface area contributed by atoms with E-state index in [1.54, 1.807) is 12.1 Å². The molecule has 8 heteroatoms. The molecule has 3 aromatic rings. The van der Waals surface area contributed by atoms with Crippen LogP contribution >= 0.6 is 0 Å². The van der Waals surface area contributed by atoms with Gasteiger partial charge in [0, 0.05) is 23.6 Å². The molecule has 2 aromatic carbocycles. The number of hydrogen-bond acceptors (Lipinski definition) is 6. The molecule has 30 heavy (non-hydrogen) atoms. The molecule has 0 fully saturated rings. The predicted octanol–water partition coefficient (Wildman–Crippen LogP) is 2.73. The van der Waals surface area contributed by atoms with Gasteiger partial charge < -0.3 is 24.0 Å². The molecule has 0 bridgehead atoms. The second-order valence-electron chi connectivity index (χ2n) is 6.92. The molecular weight excluding hydrogens is 388 g/mol. The van der Waals surface area contributed by atoms with E-state index in [0.29, 0.717) is 40.5 Å². The van der Waals surface area contributed by atoms with Crippen LogP contribution in [0.25, 0.3) is 0 Å². The van der Waals surface area contributed by atoms with Crippen molar-refractivity contribution in [2.24, 2.45) is 0 Å². The maximum atomic E-state index is 12.8. The van der Waals surface area contributed by atoms with Crippen molar-refractivity contribution in [3.63, 3.8) is 0 Å². The van der Waals surface area contributed by atoms with Gasteiger partial charge in [0.2, 0.25) is 12.5 Å². The van der Waals surface area contributed by atoms with Gasteiger partial charge in [0.15, 0.2) is 11.5 Å². The number of hydrogen-bond donors (Lipinski definition) is 2. The largest absolute Gasteiger partial charge is 0.493 e. The summed E-state index contributed by atoms with van der Waals surface area (Å²) in [6, 6.07) is 13.3. The highest BCUT2D eigenvalue weighted by atomic mass is 16.7. The number of nitrogens with one attached hydrogen (secondary N) is 2. The number of aromatic amines is 2. The number of methoxy groups -OCH3 is 2. The lowest BCUT2D eigenvalue weighted by molar-refractivity contribution is -0.140. The Morgan fingerprint density at radius 3 is 2.67 bits per heavy atom. The van der Waals surface area contributed by atoms with Crippen LogP contribution in [0.15, 0.2) is 47.3 Å². The van der Waals surface area contributed by atoms with Gasteiger partial charge in [-0.3, -0.25) is 14.7 Å². The van der Waals surface area contributed by atoms with E-state index in [0.717, 1.165) is 5.56 Å². The molecule has 4 rings (SSSR count). The van der Waals surface area contributed by atoms with Crippen molar-refractivity contribution in [3.05, 3.63) is 75.2 Å². The van der Waals surface area contributed by atoms with E-state index in [2.05, 4.69) is 10.2 Å². The zero-order chi connectivity index (χ0) is 21.1. The van der Waals surface area contributed by atoms with Crippen LogP contribution in [0.4, 0.5) is 0 Å². The Labute approximate surface area is 172 Å². The fourth-order valence-corrected chi connectivity index (χ4v) is 3.70. The third-order valence-corrected chi connectivity index (χ3v) is 5.15. The van der Waals surface area contributed by atoms with Crippen LogP contribution in [0.3, 0.4) is 0 Å². The molecule has 2 N–H and O–H groups in total. The molecule has 0 unspecified atom stereocenters. The van der Waals surface area contributed by atoms with Gasteiger partial charge in [-0.15, -0.1) is 0 Å². The molecule has 1 aromatic heterocycles. The summed E-state index contributed by atoms with van der Waals surface area (Å²) in [7, 11) is 2.85. The number of rotatable bonds is 7. The average Bonchev–Trinajstić information content (AvgIpc) is 3.38. The normalized spacial score (nSPS) is 13.1. The number of benzene rings is 2. The van der Waals surface area contributed by atoms with Gasteiger partial charge in [0.05, 0.1) is 20.6 Å². The molecule has 0 amide bonds. The Morgan fingerprint density at radius 1 is 1.13 bits per heavy atom. The molecule has 0 radical (unpaired) electrons. The molecule has 0 aliphatic carbocycles. The molecule has 0 saturated heterocycles. The molecule has 156 valence electrons. The quantitative estimate of drug-likeness (QED) is 0.581. The molecular formula is C22H22N2O6. The molecule has 1 aliphatic heterocycles. The minimum atomic E-state index is -0.561. The van der Waals surface area contributed by atoms with Gasteiger partial charge in [-0.2, -0.15) is 0 Å². The van der Waals surface area contributed by atoms with Crippen molar-refractivity contribution in [2.45, 2.75) is 18.8 Å². The van der Waals surface area contributed by atoms with E-state index in [9.17, 15) is 9.59 Å². The lowest BCUT2D eigenvalue weighted by Crippen LogP contribution is -2.18. The van der Waals surface area contributed by atoms with Crippen LogP contribution in [0.1, 0.15) is 34.7 Å². The molecule has 1 aliphatic rings. The standard InChI is InChI=1S/C22H22N2O6/c1-27-17-9-14(10-18-21(17)30-12-29-18)15(11-19(25)28-2)20-16(23-24-22(20)26)8-13-6-4-3-5-7-13/h3-7,9-10,15H,8,11-12H2,1-2H3,(H2,23,24,26)/t15-/m0/s1. The van der Waals surface area contributed by atoms with Crippen molar-refractivity contribution in [3.8, 4) is 17.2 Å². The summed E-state index contributed by atoms with van der Waals surface area (Å²) >= 11 is 0. The summed E-state index contributed by atoms with van der Waals surface area (Å²) in [5.74, 6) is 0.505. The molecule has 2 heterocycles. The van der Waals surface area contributed by atoms with Gasteiger partial charge in [-0.05, 0) is 23.3 Å². The van der Waals surface area contributed by atoms with Gasteiger partial charge in [-0.25, -0.2) is 0 Å². The Hall–Kier alpha value is -3.68. The third-order valence-electron chi connectivity index (χ3n) is 5.15. The summed E-state index contributed by atoms with van der Waals surface area (Å²) in [4.78, 5) is 25.0. The Morgan fingerprint density at radius 2 is 1.93 bits per heavy atom. The Bertz CT molecular complexity index is 1100. The number of ether oxygens (including phenoxy) is 4. The zero-order valence-corrected chi connectivity index (χ0v) is 16.7. The maximum absolute atomic E-state index is 12.8. The Kier molecular flexibility index (Phi) is 5.47. The monoisotopic (exact) mass is 410 g/mol. The van der Waals surface area contributed by atoms with Crippen molar-refractivity contribution in [1.82, 2.24) is 10.2 Å². The van der Waals surface area contributed by atoms with Crippen LogP contribution < -0.4 is 19.8 Å². The first kappa shape index (κ1) is 19.6. The molecule has 0 saturated carbocycles. The molecule has 8 nitrogen and oxygen atoms in total. The van der Waals surface area contributed by atoms with Gasteiger partial charge >= 0.3 is 5.97 Å². The van der Waals surface area contributed by atoms with Crippen LogP contribution in [-0.2, 0) is 16.0 Å². The number of H-pyrrole nitrogens is 2. The van der Waals surface area contributed by atoms with Crippen molar-refractivity contribution >= 4 is 5.97 Å². The highest BCUT2D eigenvalue weighted by Crippen LogP contribution is 2.44. The summed E-state index contributed by atoms with van der Waals surface area (Å²) in [5, 5.41) is 5.63. The van der Waals surface area contributed by atoms with E-state index in [1.165, 1.54) is 14.2 Å².